The highest BCUT2D eigenvalue weighted by molar-refractivity contribution is 9.10. The summed E-state index contributed by atoms with van der Waals surface area (Å²) in [7, 11) is 0. The molecule has 1 fully saturated rings. The molecule has 2 amide bonds. The zero-order valence-electron chi connectivity index (χ0n) is 11.8. The van der Waals surface area contributed by atoms with Crippen LogP contribution in [0.2, 0.25) is 0 Å². The number of carbonyl (C=O) groups excluding carboxylic acids is 2. The summed E-state index contributed by atoms with van der Waals surface area (Å²) < 4.78 is 0.942. The number of carbonyl (C=O) groups is 2. The van der Waals surface area contributed by atoms with Gasteiger partial charge in [-0.3, -0.25) is 20.4 Å². The molecular weight excluding hydrogens is 344 g/mol. The Hall–Kier alpha value is -2.14. The monoisotopic (exact) mass is 358 g/mol. The number of halogens is 1. The molecule has 0 aromatic heterocycles. The van der Waals surface area contributed by atoms with Crippen molar-refractivity contribution >= 4 is 27.7 Å². The van der Waals surface area contributed by atoms with Gasteiger partial charge in [0, 0.05) is 10.0 Å². The molecule has 2 aromatic rings. The van der Waals surface area contributed by atoms with E-state index in [0.717, 1.165) is 22.9 Å². The van der Waals surface area contributed by atoms with Crippen LogP contribution in [0.3, 0.4) is 0 Å². The Labute approximate surface area is 137 Å². The van der Waals surface area contributed by atoms with E-state index in [0.29, 0.717) is 5.56 Å². The molecule has 0 atom stereocenters. The molecule has 0 bridgehead atoms. The van der Waals surface area contributed by atoms with Gasteiger partial charge in [-0.25, -0.2) is 0 Å². The maximum atomic E-state index is 12.4. The summed E-state index contributed by atoms with van der Waals surface area (Å²) in [5.41, 5.74) is 5.98. The van der Waals surface area contributed by atoms with Crippen molar-refractivity contribution in [2.45, 2.75) is 18.3 Å². The van der Waals surface area contributed by atoms with Gasteiger partial charge < -0.3 is 0 Å². The number of hydrazine groups is 1. The second kappa shape index (κ2) is 5.93. The van der Waals surface area contributed by atoms with Crippen LogP contribution in [0.5, 0.6) is 0 Å². The van der Waals surface area contributed by atoms with Crippen molar-refractivity contribution in [2.75, 3.05) is 0 Å². The molecule has 112 valence electrons. The molecule has 1 aliphatic rings. The third kappa shape index (κ3) is 2.90. The topological polar surface area (TPSA) is 58.2 Å². The highest BCUT2D eigenvalue weighted by Crippen LogP contribution is 2.48. The molecule has 0 heterocycles. The fourth-order valence-electron chi connectivity index (χ4n) is 2.45. The molecule has 0 aliphatic heterocycles. The van der Waals surface area contributed by atoms with Crippen molar-refractivity contribution in [3.8, 4) is 0 Å². The van der Waals surface area contributed by atoms with E-state index >= 15 is 0 Å². The van der Waals surface area contributed by atoms with Crippen molar-refractivity contribution in [3.63, 3.8) is 0 Å². The first-order valence-corrected chi connectivity index (χ1v) is 7.83. The molecule has 1 aliphatic carbocycles. The highest BCUT2D eigenvalue weighted by atomic mass is 79.9. The van der Waals surface area contributed by atoms with Crippen LogP contribution in [0.1, 0.15) is 28.8 Å². The standard InChI is InChI=1S/C17H15BrN2O2/c18-14-8-4-7-13(11-14)17(9-10-17)16(22)20-19-15(21)12-5-2-1-3-6-12/h1-8,11H,9-10H2,(H,19,21)(H,20,22). The minimum absolute atomic E-state index is 0.171. The van der Waals surface area contributed by atoms with Crippen molar-refractivity contribution in [1.82, 2.24) is 10.9 Å². The first kappa shape index (κ1) is 14.8. The molecule has 2 N–H and O–H groups in total. The van der Waals surface area contributed by atoms with E-state index in [4.69, 9.17) is 0 Å². The molecular formula is C17H15BrN2O2. The van der Waals surface area contributed by atoms with Crippen LogP contribution in [0.4, 0.5) is 0 Å². The molecule has 5 heteroatoms. The van der Waals surface area contributed by atoms with Crippen LogP contribution in [-0.2, 0) is 10.2 Å². The number of amides is 2. The Bertz CT molecular complexity index is 712. The van der Waals surface area contributed by atoms with Crippen molar-refractivity contribution in [1.29, 1.82) is 0 Å². The van der Waals surface area contributed by atoms with Crippen molar-refractivity contribution in [3.05, 3.63) is 70.2 Å². The number of nitrogens with one attached hydrogen (secondary N) is 2. The molecule has 0 saturated heterocycles. The summed E-state index contributed by atoms with van der Waals surface area (Å²) in [6.45, 7) is 0. The first-order chi connectivity index (χ1) is 10.6. The third-order valence-electron chi connectivity index (χ3n) is 3.89. The van der Waals surface area contributed by atoms with Gasteiger partial charge in [-0.05, 0) is 42.7 Å². The van der Waals surface area contributed by atoms with Gasteiger partial charge in [0.25, 0.3) is 5.91 Å². The maximum Gasteiger partial charge on any atom is 0.269 e. The normalized spacial score (nSPS) is 15.0. The van der Waals surface area contributed by atoms with Crippen molar-refractivity contribution < 1.29 is 9.59 Å². The minimum Gasteiger partial charge on any atom is -0.272 e. The lowest BCUT2D eigenvalue weighted by Crippen LogP contribution is -2.46. The zero-order valence-corrected chi connectivity index (χ0v) is 13.4. The fourth-order valence-corrected chi connectivity index (χ4v) is 2.85. The number of hydrogen-bond acceptors (Lipinski definition) is 2. The Morgan fingerprint density at radius 3 is 2.32 bits per heavy atom. The predicted octanol–water partition coefficient (Wildman–Crippen LogP) is 2.94. The second-order valence-electron chi connectivity index (χ2n) is 5.37. The van der Waals surface area contributed by atoms with Gasteiger partial charge >= 0.3 is 0 Å². The fraction of sp³-hybridized carbons (Fsp3) is 0.176. The van der Waals surface area contributed by atoms with Crippen LogP contribution in [-0.4, -0.2) is 11.8 Å². The summed E-state index contributed by atoms with van der Waals surface area (Å²) in [6.07, 6.45) is 1.58. The Balaban J connectivity index is 1.66. The average molecular weight is 359 g/mol. The quantitative estimate of drug-likeness (QED) is 0.828. The molecule has 0 radical (unpaired) electrons. The largest absolute Gasteiger partial charge is 0.272 e. The van der Waals surface area contributed by atoms with Crippen LogP contribution >= 0.6 is 15.9 Å². The summed E-state index contributed by atoms with van der Waals surface area (Å²) in [6, 6.07) is 16.5. The van der Waals surface area contributed by atoms with Gasteiger partial charge in [-0.2, -0.15) is 0 Å². The number of hydrogen-bond donors (Lipinski definition) is 2. The SMILES string of the molecule is O=C(NNC(=O)C1(c2cccc(Br)c2)CC1)c1ccccc1. The van der Waals surface area contributed by atoms with E-state index < -0.39 is 5.41 Å². The number of rotatable bonds is 3. The Kier molecular flexibility index (Phi) is 3.98. The summed E-state index contributed by atoms with van der Waals surface area (Å²) in [4.78, 5) is 24.4. The summed E-state index contributed by atoms with van der Waals surface area (Å²) >= 11 is 3.42. The smallest absolute Gasteiger partial charge is 0.269 e. The highest BCUT2D eigenvalue weighted by Gasteiger charge is 2.51. The minimum atomic E-state index is -0.520. The van der Waals surface area contributed by atoms with E-state index in [9.17, 15) is 9.59 Å². The average Bonchev–Trinajstić information content (AvgIpc) is 3.35. The van der Waals surface area contributed by atoms with Gasteiger partial charge in [0.1, 0.15) is 0 Å². The lowest BCUT2D eigenvalue weighted by atomic mass is 9.95. The van der Waals surface area contributed by atoms with E-state index in [2.05, 4.69) is 26.8 Å². The van der Waals surface area contributed by atoms with Gasteiger partial charge in [0.2, 0.25) is 5.91 Å². The predicted molar refractivity (Wildman–Crippen MR) is 87.1 cm³/mol. The molecule has 4 nitrogen and oxygen atoms in total. The van der Waals surface area contributed by atoms with Crippen LogP contribution in [0.15, 0.2) is 59.1 Å². The van der Waals surface area contributed by atoms with E-state index in [1.54, 1.807) is 24.3 Å². The van der Waals surface area contributed by atoms with Crippen molar-refractivity contribution in [2.24, 2.45) is 0 Å². The zero-order chi connectivity index (χ0) is 15.6. The maximum absolute atomic E-state index is 12.4. The third-order valence-corrected chi connectivity index (χ3v) is 4.38. The second-order valence-corrected chi connectivity index (χ2v) is 6.28. The molecule has 2 aromatic carbocycles. The summed E-state index contributed by atoms with van der Waals surface area (Å²) in [5.74, 6) is -0.492. The van der Waals surface area contributed by atoms with Crippen LogP contribution in [0, 0.1) is 0 Å². The molecule has 0 spiro atoms. The van der Waals surface area contributed by atoms with Gasteiger partial charge in [0.15, 0.2) is 0 Å². The van der Waals surface area contributed by atoms with Crippen LogP contribution < -0.4 is 10.9 Å². The summed E-state index contributed by atoms with van der Waals surface area (Å²) in [5, 5.41) is 0. The first-order valence-electron chi connectivity index (χ1n) is 7.04. The molecule has 22 heavy (non-hydrogen) atoms. The van der Waals surface area contributed by atoms with Crippen LogP contribution in [0.25, 0.3) is 0 Å². The molecule has 3 rings (SSSR count). The molecule has 0 unspecified atom stereocenters. The van der Waals surface area contributed by atoms with E-state index in [1.807, 2.05) is 30.3 Å². The Morgan fingerprint density at radius 1 is 0.955 bits per heavy atom. The van der Waals surface area contributed by atoms with Gasteiger partial charge in [-0.1, -0.05) is 46.3 Å². The van der Waals surface area contributed by atoms with Gasteiger partial charge in [0.05, 0.1) is 5.41 Å². The molecule has 1 saturated carbocycles. The Morgan fingerprint density at radius 2 is 1.68 bits per heavy atom. The van der Waals surface area contributed by atoms with Gasteiger partial charge in [-0.15, -0.1) is 0 Å². The lowest BCUT2D eigenvalue weighted by molar-refractivity contribution is -0.124. The number of benzene rings is 2. The lowest BCUT2D eigenvalue weighted by Gasteiger charge is -2.16. The van der Waals surface area contributed by atoms with E-state index in [1.165, 1.54) is 0 Å². The van der Waals surface area contributed by atoms with E-state index in [-0.39, 0.29) is 11.8 Å².